The molecule has 5 heteroatoms. The fourth-order valence-corrected chi connectivity index (χ4v) is 1.38. The van der Waals surface area contributed by atoms with Crippen LogP contribution in [0.4, 0.5) is 4.39 Å². The predicted octanol–water partition coefficient (Wildman–Crippen LogP) is 1.64. The Labute approximate surface area is 86.1 Å². The molecule has 14 heavy (non-hydrogen) atoms. The first-order chi connectivity index (χ1) is 6.35. The van der Waals surface area contributed by atoms with Crippen LogP contribution in [0.3, 0.4) is 0 Å². The summed E-state index contributed by atoms with van der Waals surface area (Å²) in [6, 6.07) is 1.11. The van der Waals surface area contributed by atoms with E-state index in [1.54, 1.807) is 13.8 Å². The maximum absolute atomic E-state index is 12.7. The number of hydrogen-bond donors (Lipinski definition) is 1. The van der Waals surface area contributed by atoms with E-state index in [9.17, 15) is 9.18 Å². The van der Waals surface area contributed by atoms with Gasteiger partial charge in [-0.3, -0.25) is 9.78 Å². The fraction of sp³-hybridized carbons (Fsp3) is 0.333. The van der Waals surface area contributed by atoms with Crippen molar-refractivity contribution in [1.29, 1.82) is 0 Å². The van der Waals surface area contributed by atoms with Crippen LogP contribution in [0.5, 0.6) is 0 Å². The Kier molecular flexibility index (Phi) is 2.76. The summed E-state index contributed by atoms with van der Waals surface area (Å²) in [7, 11) is 0. The van der Waals surface area contributed by atoms with Crippen molar-refractivity contribution in [3.63, 3.8) is 0 Å². The summed E-state index contributed by atoms with van der Waals surface area (Å²) in [5.41, 5.74) is 4.47. The summed E-state index contributed by atoms with van der Waals surface area (Å²) in [4.78, 5) is 14.9. The van der Waals surface area contributed by atoms with Gasteiger partial charge in [-0.2, -0.15) is 0 Å². The van der Waals surface area contributed by atoms with E-state index in [2.05, 4.69) is 4.98 Å². The van der Waals surface area contributed by atoms with E-state index in [0.717, 1.165) is 12.3 Å². The third kappa shape index (κ3) is 1.85. The van der Waals surface area contributed by atoms with E-state index in [0.29, 0.717) is 0 Å². The Bertz CT molecular complexity index is 379. The average Bonchev–Trinajstić information content (AvgIpc) is 2.02. The molecule has 0 aliphatic carbocycles. The van der Waals surface area contributed by atoms with Crippen LogP contribution in [0.25, 0.3) is 0 Å². The van der Waals surface area contributed by atoms with Crippen molar-refractivity contribution in [2.75, 3.05) is 0 Å². The standard InChI is InChI=1S/C9H10ClFN2O/c1-9(2,8(12)14)7-6(10)3-5(11)4-13-7/h3-4H,1-2H3,(H2,12,14). The molecule has 0 saturated carbocycles. The molecule has 3 nitrogen and oxygen atoms in total. The first kappa shape index (κ1) is 10.9. The zero-order chi connectivity index (χ0) is 10.9. The molecule has 1 heterocycles. The van der Waals surface area contributed by atoms with Crippen LogP contribution in [0.15, 0.2) is 12.3 Å². The van der Waals surface area contributed by atoms with Crippen LogP contribution >= 0.6 is 11.6 Å². The van der Waals surface area contributed by atoms with Crippen molar-refractivity contribution in [2.45, 2.75) is 19.3 Å². The zero-order valence-corrected chi connectivity index (χ0v) is 8.60. The predicted molar refractivity (Wildman–Crippen MR) is 51.4 cm³/mol. The largest absolute Gasteiger partial charge is 0.369 e. The van der Waals surface area contributed by atoms with Gasteiger partial charge in [0.1, 0.15) is 5.82 Å². The van der Waals surface area contributed by atoms with E-state index in [-0.39, 0.29) is 10.7 Å². The molecule has 0 aliphatic heterocycles. The fourth-order valence-electron chi connectivity index (χ4n) is 0.991. The van der Waals surface area contributed by atoms with Crippen molar-refractivity contribution in [3.05, 3.63) is 28.8 Å². The van der Waals surface area contributed by atoms with Crippen molar-refractivity contribution >= 4 is 17.5 Å². The Hall–Kier alpha value is -1.16. The van der Waals surface area contributed by atoms with Crippen molar-refractivity contribution in [3.8, 4) is 0 Å². The van der Waals surface area contributed by atoms with Crippen LogP contribution in [0.1, 0.15) is 19.5 Å². The number of nitrogens with zero attached hydrogens (tertiary/aromatic N) is 1. The van der Waals surface area contributed by atoms with Crippen molar-refractivity contribution in [2.24, 2.45) is 5.73 Å². The lowest BCUT2D eigenvalue weighted by Gasteiger charge is -2.20. The molecule has 1 aromatic heterocycles. The Morgan fingerprint density at radius 3 is 2.64 bits per heavy atom. The minimum absolute atomic E-state index is 0.105. The summed E-state index contributed by atoms with van der Waals surface area (Å²) in [6.07, 6.45) is 1.01. The molecule has 0 bridgehead atoms. The third-order valence-electron chi connectivity index (χ3n) is 2.02. The summed E-state index contributed by atoms with van der Waals surface area (Å²) >= 11 is 5.75. The molecule has 0 aromatic carbocycles. The highest BCUT2D eigenvalue weighted by atomic mass is 35.5. The zero-order valence-electron chi connectivity index (χ0n) is 7.84. The van der Waals surface area contributed by atoms with Gasteiger partial charge in [0, 0.05) is 0 Å². The molecule has 76 valence electrons. The van der Waals surface area contributed by atoms with Crippen LogP contribution in [-0.4, -0.2) is 10.9 Å². The highest BCUT2D eigenvalue weighted by molar-refractivity contribution is 6.31. The molecule has 0 atom stereocenters. The van der Waals surface area contributed by atoms with Gasteiger partial charge in [0.25, 0.3) is 0 Å². The van der Waals surface area contributed by atoms with Crippen LogP contribution in [-0.2, 0) is 10.2 Å². The van der Waals surface area contributed by atoms with Crippen LogP contribution < -0.4 is 5.73 Å². The Balaban J connectivity index is 3.26. The van der Waals surface area contributed by atoms with E-state index >= 15 is 0 Å². The minimum atomic E-state index is -0.995. The summed E-state index contributed by atoms with van der Waals surface area (Å²) < 4.78 is 12.7. The normalized spacial score (nSPS) is 11.4. The first-order valence-corrected chi connectivity index (χ1v) is 4.35. The van der Waals surface area contributed by atoms with Gasteiger partial charge < -0.3 is 5.73 Å². The second kappa shape index (κ2) is 3.53. The van der Waals surface area contributed by atoms with Crippen molar-refractivity contribution < 1.29 is 9.18 Å². The number of aromatic nitrogens is 1. The maximum Gasteiger partial charge on any atom is 0.229 e. The lowest BCUT2D eigenvalue weighted by Crippen LogP contribution is -2.36. The van der Waals surface area contributed by atoms with Gasteiger partial charge in [-0.1, -0.05) is 11.6 Å². The van der Waals surface area contributed by atoms with Crippen molar-refractivity contribution in [1.82, 2.24) is 4.98 Å². The monoisotopic (exact) mass is 216 g/mol. The van der Waals surface area contributed by atoms with E-state index in [1.807, 2.05) is 0 Å². The van der Waals surface area contributed by atoms with Gasteiger partial charge in [-0.05, 0) is 19.9 Å². The number of halogens is 2. The van der Waals surface area contributed by atoms with Gasteiger partial charge in [0.05, 0.1) is 22.3 Å². The summed E-state index contributed by atoms with van der Waals surface area (Å²) in [5.74, 6) is -1.10. The molecule has 1 rings (SSSR count). The number of hydrogen-bond acceptors (Lipinski definition) is 2. The molecule has 0 radical (unpaired) electrons. The smallest absolute Gasteiger partial charge is 0.229 e. The minimum Gasteiger partial charge on any atom is -0.369 e. The first-order valence-electron chi connectivity index (χ1n) is 3.97. The molecular weight excluding hydrogens is 207 g/mol. The molecule has 0 fully saturated rings. The molecular formula is C9H10ClFN2O. The molecule has 1 amide bonds. The molecule has 0 aliphatic rings. The van der Waals surface area contributed by atoms with Gasteiger partial charge in [-0.15, -0.1) is 0 Å². The second-order valence-corrected chi connectivity index (χ2v) is 3.88. The number of nitrogens with two attached hydrogens (primary N) is 1. The van der Waals surface area contributed by atoms with E-state index < -0.39 is 17.1 Å². The summed E-state index contributed by atoms with van der Waals surface area (Å²) in [6.45, 7) is 3.17. The van der Waals surface area contributed by atoms with Gasteiger partial charge in [0.15, 0.2) is 0 Å². The number of carbonyl (C=O) groups is 1. The number of rotatable bonds is 2. The SMILES string of the molecule is CC(C)(C(N)=O)c1ncc(F)cc1Cl. The summed E-state index contributed by atoms with van der Waals surface area (Å²) in [5, 5.41) is 0.105. The number of pyridine rings is 1. The Morgan fingerprint density at radius 2 is 2.21 bits per heavy atom. The Morgan fingerprint density at radius 1 is 1.64 bits per heavy atom. The number of carbonyl (C=O) groups excluding carboxylic acids is 1. The highest BCUT2D eigenvalue weighted by Gasteiger charge is 2.31. The van der Waals surface area contributed by atoms with Gasteiger partial charge >= 0.3 is 0 Å². The van der Waals surface area contributed by atoms with E-state index in [1.165, 1.54) is 0 Å². The number of primary amides is 1. The number of amides is 1. The lowest BCUT2D eigenvalue weighted by atomic mass is 9.88. The van der Waals surface area contributed by atoms with Gasteiger partial charge in [0.2, 0.25) is 5.91 Å². The third-order valence-corrected chi connectivity index (χ3v) is 2.30. The van der Waals surface area contributed by atoms with Gasteiger partial charge in [-0.25, -0.2) is 4.39 Å². The molecule has 2 N–H and O–H groups in total. The molecule has 0 spiro atoms. The quantitative estimate of drug-likeness (QED) is 0.817. The molecule has 0 saturated heterocycles. The lowest BCUT2D eigenvalue weighted by molar-refractivity contribution is -0.122. The van der Waals surface area contributed by atoms with Crippen LogP contribution in [0.2, 0.25) is 5.02 Å². The van der Waals surface area contributed by atoms with E-state index in [4.69, 9.17) is 17.3 Å². The second-order valence-electron chi connectivity index (χ2n) is 3.47. The van der Waals surface area contributed by atoms with Crippen LogP contribution in [0, 0.1) is 5.82 Å². The average molecular weight is 217 g/mol. The highest BCUT2D eigenvalue weighted by Crippen LogP contribution is 2.27. The molecule has 0 unspecified atom stereocenters. The maximum atomic E-state index is 12.7. The topological polar surface area (TPSA) is 56.0 Å². The molecule has 1 aromatic rings.